The van der Waals surface area contributed by atoms with Gasteiger partial charge in [0.15, 0.2) is 0 Å². The number of benzene rings is 1. The van der Waals surface area contributed by atoms with E-state index in [0.29, 0.717) is 17.9 Å². The fraction of sp³-hybridized carbons (Fsp3) is 0.417. The Morgan fingerprint density at radius 3 is 2.47 bits per heavy atom. The largest absolute Gasteiger partial charge is 0.414 e. The maximum atomic E-state index is 13.1. The van der Waals surface area contributed by atoms with E-state index in [1.165, 1.54) is 23.1 Å². The van der Waals surface area contributed by atoms with E-state index in [2.05, 4.69) is 0 Å². The zero-order chi connectivity index (χ0) is 13.0. The molecule has 0 fully saturated rings. The molecule has 0 aliphatic rings. The molecule has 17 heavy (non-hydrogen) atoms. The van der Waals surface area contributed by atoms with Crippen LogP contribution < -0.4 is 4.74 Å². The summed E-state index contributed by atoms with van der Waals surface area (Å²) in [5.41, 5.74) is 0.644. The lowest BCUT2D eigenvalue weighted by molar-refractivity contribution is 0.171. The van der Waals surface area contributed by atoms with Gasteiger partial charge in [0.25, 0.3) is 0 Å². The quantitative estimate of drug-likeness (QED) is 0.809. The summed E-state index contributed by atoms with van der Waals surface area (Å²) in [4.78, 5) is 14.6. The van der Waals surface area contributed by atoms with Crippen molar-refractivity contribution >= 4 is 6.09 Å². The van der Waals surface area contributed by atoms with Crippen LogP contribution in [0.1, 0.15) is 5.56 Å². The second-order valence-corrected chi connectivity index (χ2v) is 4.25. The monoisotopic (exact) mass is 240 g/mol. The highest BCUT2D eigenvalue weighted by atomic mass is 19.1. The maximum Gasteiger partial charge on any atom is 0.414 e. The zero-order valence-electron chi connectivity index (χ0n) is 10.5. The minimum Gasteiger partial charge on any atom is -0.410 e. The number of carbonyl (C=O) groups is 1. The van der Waals surface area contributed by atoms with Gasteiger partial charge in [0.05, 0.1) is 0 Å². The van der Waals surface area contributed by atoms with E-state index in [4.69, 9.17) is 4.74 Å². The van der Waals surface area contributed by atoms with Gasteiger partial charge in [-0.1, -0.05) is 0 Å². The van der Waals surface area contributed by atoms with Crippen LogP contribution in [0, 0.1) is 5.82 Å². The summed E-state index contributed by atoms with van der Waals surface area (Å²) in [5, 5.41) is 0. The average molecular weight is 240 g/mol. The molecule has 0 radical (unpaired) electrons. The number of carbonyl (C=O) groups excluding carboxylic acids is 1. The average Bonchev–Trinajstić information content (AvgIpc) is 2.20. The van der Waals surface area contributed by atoms with Gasteiger partial charge in [-0.15, -0.1) is 0 Å². The predicted octanol–water partition coefficient (Wildman–Crippen LogP) is 1.95. The minimum absolute atomic E-state index is 0.341. The minimum atomic E-state index is -0.475. The van der Waals surface area contributed by atoms with Crippen molar-refractivity contribution in [2.24, 2.45) is 0 Å². The molecule has 1 rings (SSSR count). The molecule has 94 valence electrons. The van der Waals surface area contributed by atoms with Gasteiger partial charge >= 0.3 is 6.09 Å². The van der Waals surface area contributed by atoms with Crippen LogP contribution in [-0.2, 0) is 6.54 Å². The van der Waals surface area contributed by atoms with E-state index in [1.807, 2.05) is 19.0 Å². The summed E-state index contributed by atoms with van der Waals surface area (Å²) >= 11 is 0. The van der Waals surface area contributed by atoms with Crippen molar-refractivity contribution in [2.45, 2.75) is 6.54 Å². The first kappa shape index (κ1) is 13.4. The molecule has 1 aromatic carbocycles. The molecule has 0 aliphatic carbocycles. The third kappa shape index (κ3) is 4.03. The highest BCUT2D eigenvalue weighted by Crippen LogP contribution is 2.21. The molecule has 0 unspecified atom stereocenters. The molecule has 0 spiro atoms. The molecule has 0 saturated carbocycles. The number of hydrogen-bond donors (Lipinski definition) is 0. The SMILES string of the molecule is CN(C)Cc1cc(F)ccc1OC(=O)N(C)C. The summed E-state index contributed by atoms with van der Waals surface area (Å²) in [6.07, 6.45) is -0.475. The van der Waals surface area contributed by atoms with E-state index in [1.54, 1.807) is 14.1 Å². The standard InChI is InChI=1S/C12H17FN2O2/c1-14(2)8-9-7-10(13)5-6-11(9)17-12(16)15(3)4/h5-7H,8H2,1-4H3. The Bertz CT molecular complexity index is 405. The second-order valence-electron chi connectivity index (χ2n) is 4.25. The lowest BCUT2D eigenvalue weighted by Gasteiger charge is -2.16. The lowest BCUT2D eigenvalue weighted by atomic mass is 10.2. The van der Waals surface area contributed by atoms with Crippen LogP contribution >= 0.6 is 0 Å². The Labute approximate surface area is 101 Å². The molecule has 1 amide bonds. The second kappa shape index (κ2) is 5.63. The van der Waals surface area contributed by atoms with Gasteiger partial charge in [0.1, 0.15) is 11.6 Å². The Balaban J connectivity index is 2.93. The zero-order valence-corrected chi connectivity index (χ0v) is 10.5. The molecular weight excluding hydrogens is 223 g/mol. The fourth-order valence-corrected chi connectivity index (χ4v) is 1.30. The van der Waals surface area contributed by atoms with Crippen molar-refractivity contribution in [3.05, 3.63) is 29.6 Å². The summed E-state index contributed by atoms with van der Waals surface area (Å²) in [6, 6.07) is 4.12. The molecule has 5 heteroatoms. The number of amides is 1. The summed E-state index contributed by atoms with van der Waals surface area (Å²) in [6.45, 7) is 0.508. The molecule has 4 nitrogen and oxygen atoms in total. The highest BCUT2D eigenvalue weighted by Gasteiger charge is 2.12. The van der Waals surface area contributed by atoms with Crippen molar-refractivity contribution in [3.63, 3.8) is 0 Å². The summed E-state index contributed by atoms with van der Waals surface area (Å²) in [7, 11) is 6.92. The number of ether oxygens (including phenoxy) is 1. The first-order valence-corrected chi connectivity index (χ1v) is 5.22. The van der Waals surface area contributed by atoms with Crippen molar-refractivity contribution < 1.29 is 13.9 Å². The van der Waals surface area contributed by atoms with E-state index < -0.39 is 6.09 Å². The Hall–Kier alpha value is -1.62. The highest BCUT2D eigenvalue weighted by molar-refractivity contribution is 5.70. The first-order chi connectivity index (χ1) is 7.90. The Morgan fingerprint density at radius 1 is 1.29 bits per heavy atom. The Morgan fingerprint density at radius 2 is 1.94 bits per heavy atom. The molecule has 0 N–H and O–H groups in total. The van der Waals surface area contributed by atoms with Crippen LogP contribution in [0.5, 0.6) is 5.75 Å². The van der Waals surface area contributed by atoms with Crippen LogP contribution in [0.4, 0.5) is 9.18 Å². The van der Waals surface area contributed by atoms with E-state index in [-0.39, 0.29) is 5.82 Å². The van der Waals surface area contributed by atoms with Gasteiger partial charge in [-0.3, -0.25) is 0 Å². The number of hydrogen-bond acceptors (Lipinski definition) is 3. The van der Waals surface area contributed by atoms with E-state index in [0.717, 1.165) is 0 Å². The van der Waals surface area contributed by atoms with Crippen LogP contribution in [0.15, 0.2) is 18.2 Å². The summed E-state index contributed by atoms with van der Waals surface area (Å²) < 4.78 is 18.3. The van der Waals surface area contributed by atoms with Crippen LogP contribution in [0.25, 0.3) is 0 Å². The molecule has 0 aromatic heterocycles. The molecule has 0 aliphatic heterocycles. The van der Waals surface area contributed by atoms with Crippen LogP contribution in [0.3, 0.4) is 0 Å². The normalized spacial score (nSPS) is 10.5. The third-order valence-electron chi connectivity index (χ3n) is 2.07. The van der Waals surface area contributed by atoms with Crippen molar-refractivity contribution in [1.82, 2.24) is 9.80 Å². The first-order valence-electron chi connectivity index (χ1n) is 5.22. The number of halogens is 1. The molecule has 0 heterocycles. The maximum absolute atomic E-state index is 13.1. The molecule has 0 bridgehead atoms. The van der Waals surface area contributed by atoms with Gasteiger partial charge < -0.3 is 14.5 Å². The molecule has 0 saturated heterocycles. The van der Waals surface area contributed by atoms with Gasteiger partial charge in [0, 0.05) is 26.2 Å². The lowest BCUT2D eigenvalue weighted by Crippen LogP contribution is -2.26. The van der Waals surface area contributed by atoms with Crippen LogP contribution in [0.2, 0.25) is 0 Å². The van der Waals surface area contributed by atoms with Crippen molar-refractivity contribution in [3.8, 4) is 5.75 Å². The Kier molecular flexibility index (Phi) is 4.45. The third-order valence-corrected chi connectivity index (χ3v) is 2.07. The number of rotatable bonds is 3. The smallest absolute Gasteiger partial charge is 0.410 e. The van der Waals surface area contributed by atoms with Gasteiger partial charge in [-0.2, -0.15) is 0 Å². The van der Waals surface area contributed by atoms with Crippen LogP contribution in [-0.4, -0.2) is 44.1 Å². The molecule has 1 aromatic rings. The topological polar surface area (TPSA) is 32.8 Å². The molecular formula is C12H17FN2O2. The number of nitrogens with zero attached hydrogens (tertiary/aromatic N) is 2. The van der Waals surface area contributed by atoms with Gasteiger partial charge in [-0.05, 0) is 32.3 Å². The predicted molar refractivity (Wildman–Crippen MR) is 63.5 cm³/mol. The van der Waals surface area contributed by atoms with E-state index in [9.17, 15) is 9.18 Å². The summed E-state index contributed by atoms with van der Waals surface area (Å²) in [5.74, 6) is 0.0466. The molecule has 0 atom stereocenters. The fourth-order valence-electron chi connectivity index (χ4n) is 1.30. The van der Waals surface area contributed by atoms with Gasteiger partial charge in [0.2, 0.25) is 0 Å². The van der Waals surface area contributed by atoms with E-state index >= 15 is 0 Å². The van der Waals surface area contributed by atoms with Gasteiger partial charge in [-0.25, -0.2) is 9.18 Å². The van der Waals surface area contributed by atoms with Crippen molar-refractivity contribution in [1.29, 1.82) is 0 Å². The van der Waals surface area contributed by atoms with Crippen molar-refractivity contribution in [2.75, 3.05) is 28.2 Å².